The van der Waals surface area contributed by atoms with Crippen molar-refractivity contribution in [2.45, 2.75) is 18.4 Å². The maximum absolute atomic E-state index is 13.9. The third kappa shape index (κ3) is 4.51. The molecule has 0 bridgehead atoms. The number of amides is 3. The predicted molar refractivity (Wildman–Crippen MR) is 134 cm³/mol. The Balaban J connectivity index is 1.33. The lowest BCUT2D eigenvalue weighted by atomic mass is 9.85. The molecule has 36 heavy (non-hydrogen) atoms. The number of piperidine rings is 1. The number of carbonyl (C=O) groups excluding carboxylic acids is 3. The largest absolute Gasteiger partial charge is 0.497 e. The molecule has 3 aliphatic heterocycles. The third-order valence-electron chi connectivity index (χ3n) is 7.49. The van der Waals surface area contributed by atoms with Crippen LogP contribution in [0.15, 0.2) is 54.6 Å². The van der Waals surface area contributed by atoms with Crippen LogP contribution in [-0.4, -0.2) is 97.7 Å². The molecule has 9 nitrogen and oxygen atoms in total. The average Bonchev–Trinajstić information content (AvgIpc) is 3.20. The molecule has 0 radical (unpaired) electrons. The summed E-state index contributed by atoms with van der Waals surface area (Å²) < 4.78 is 10.6. The molecule has 3 fully saturated rings. The average molecular weight is 493 g/mol. The maximum atomic E-state index is 13.9. The molecule has 1 spiro atoms. The highest BCUT2D eigenvalue weighted by atomic mass is 16.5. The normalized spacial score (nSPS) is 19.6. The van der Waals surface area contributed by atoms with E-state index in [4.69, 9.17) is 9.47 Å². The topological polar surface area (TPSA) is 82.6 Å². The molecule has 0 aromatic heterocycles. The number of morpholine rings is 1. The molecule has 0 saturated carbocycles. The first kappa shape index (κ1) is 24.1. The zero-order chi connectivity index (χ0) is 25.1. The monoisotopic (exact) mass is 492 g/mol. The number of hydrogen-bond acceptors (Lipinski definition) is 6. The smallest absolute Gasteiger partial charge is 0.253 e. The van der Waals surface area contributed by atoms with Crippen molar-refractivity contribution < 1.29 is 23.9 Å². The van der Waals surface area contributed by atoms with Crippen LogP contribution in [0.4, 0.5) is 5.69 Å². The molecule has 2 aromatic rings. The number of rotatable bonds is 5. The van der Waals surface area contributed by atoms with Gasteiger partial charge >= 0.3 is 0 Å². The summed E-state index contributed by atoms with van der Waals surface area (Å²) in [7, 11) is 1.59. The summed E-state index contributed by atoms with van der Waals surface area (Å²) in [6, 6.07) is 16.9. The highest BCUT2D eigenvalue weighted by Gasteiger charge is 2.54. The summed E-state index contributed by atoms with van der Waals surface area (Å²) in [6.45, 7) is 3.49. The summed E-state index contributed by atoms with van der Waals surface area (Å²) in [5.74, 6) is 0.558. The van der Waals surface area contributed by atoms with E-state index in [1.807, 2.05) is 35.2 Å². The quantitative estimate of drug-likeness (QED) is 0.634. The van der Waals surface area contributed by atoms with Crippen LogP contribution in [0.25, 0.3) is 0 Å². The Morgan fingerprint density at radius 3 is 2.22 bits per heavy atom. The zero-order valence-corrected chi connectivity index (χ0v) is 20.6. The Hall–Kier alpha value is -3.59. The molecular weight excluding hydrogens is 460 g/mol. The van der Waals surface area contributed by atoms with Gasteiger partial charge in [-0.25, -0.2) is 0 Å². The first-order valence-corrected chi connectivity index (χ1v) is 12.4. The van der Waals surface area contributed by atoms with Crippen LogP contribution in [-0.2, 0) is 14.3 Å². The van der Waals surface area contributed by atoms with Crippen LogP contribution in [0.3, 0.4) is 0 Å². The summed E-state index contributed by atoms with van der Waals surface area (Å²) in [6.07, 6.45) is 1.01. The number of ether oxygens (including phenoxy) is 2. The lowest BCUT2D eigenvalue weighted by Gasteiger charge is -2.43. The van der Waals surface area contributed by atoms with Crippen molar-refractivity contribution in [3.05, 3.63) is 60.2 Å². The maximum Gasteiger partial charge on any atom is 0.253 e. The van der Waals surface area contributed by atoms with Gasteiger partial charge in [-0.1, -0.05) is 18.2 Å². The molecular formula is C27H32N4O5. The molecule has 3 aliphatic rings. The van der Waals surface area contributed by atoms with Crippen molar-refractivity contribution in [3.8, 4) is 5.75 Å². The zero-order valence-electron chi connectivity index (χ0n) is 20.6. The van der Waals surface area contributed by atoms with Crippen molar-refractivity contribution in [1.29, 1.82) is 0 Å². The fraction of sp³-hybridized carbons (Fsp3) is 0.444. The number of likely N-dealkylation sites (tertiary alicyclic amines) is 1. The van der Waals surface area contributed by atoms with Gasteiger partial charge in [-0.2, -0.15) is 0 Å². The minimum atomic E-state index is -0.774. The van der Waals surface area contributed by atoms with E-state index in [-0.39, 0.29) is 24.3 Å². The Bertz CT molecular complexity index is 1090. The third-order valence-corrected chi connectivity index (χ3v) is 7.49. The number of benzene rings is 2. The second-order valence-corrected chi connectivity index (χ2v) is 9.45. The molecule has 3 heterocycles. The molecule has 9 heteroatoms. The van der Waals surface area contributed by atoms with Crippen molar-refractivity contribution in [2.75, 3.05) is 64.6 Å². The van der Waals surface area contributed by atoms with E-state index in [0.29, 0.717) is 70.2 Å². The van der Waals surface area contributed by atoms with E-state index < -0.39 is 5.54 Å². The van der Waals surface area contributed by atoms with Crippen LogP contribution in [0.2, 0.25) is 0 Å². The minimum absolute atomic E-state index is 0.0375. The van der Waals surface area contributed by atoms with Gasteiger partial charge in [0.15, 0.2) is 0 Å². The van der Waals surface area contributed by atoms with E-state index in [1.54, 1.807) is 41.2 Å². The van der Waals surface area contributed by atoms with Crippen LogP contribution >= 0.6 is 0 Å². The van der Waals surface area contributed by atoms with E-state index in [9.17, 15) is 14.4 Å². The van der Waals surface area contributed by atoms with Gasteiger partial charge in [0.1, 0.15) is 17.8 Å². The highest BCUT2D eigenvalue weighted by Crippen LogP contribution is 2.39. The lowest BCUT2D eigenvalue weighted by Crippen LogP contribution is -2.57. The van der Waals surface area contributed by atoms with Gasteiger partial charge in [0.2, 0.25) is 5.91 Å². The van der Waals surface area contributed by atoms with Gasteiger partial charge in [-0.05, 0) is 49.2 Å². The van der Waals surface area contributed by atoms with E-state index in [1.165, 1.54) is 0 Å². The van der Waals surface area contributed by atoms with Gasteiger partial charge in [0.25, 0.3) is 11.8 Å². The SMILES string of the molecule is COc1ccc(C(=O)N2CCC3(CC2)C(=O)N(CC(=O)N2CCOCC2)CN3c2ccccc2)cc1. The Morgan fingerprint density at radius 1 is 0.917 bits per heavy atom. The molecule has 0 atom stereocenters. The molecule has 0 unspecified atom stereocenters. The number of anilines is 1. The Labute approximate surface area is 211 Å². The van der Waals surface area contributed by atoms with Crippen LogP contribution in [0.5, 0.6) is 5.75 Å². The predicted octanol–water partition coefficient (Wildman–Crippen LogP) is 1.84. The molecule has 5 rings (SSSR count). The van der Waals surface area contributed by atoms with Gasteiger partial charge < -0.3 is 29.1 Å². The summed E-state index contributed by atoms with van der Waals surface area (Å²) in [4.78, 5) is 47.3. The number of methoxy groups -OCH3 is 1. The molecule has 3 saturated heterocycles. The fourth-order valence-electron chi connectivity index (χ4n) is 5.39. The van der Waals surface area contributed by atoms with Gasteiger partial charge in [-0.3, -0.25) is 14.4 Å². The fourth-order valence-corrected chi connectivity index (χ4v) is 5.39. The van der Waals surface area contributed by atoms with Crippen LogP contribution < -0.4 is 9.64 Å². The molecule has 190 valence electrons. The van der Waals surface area contributed by atoms with Crippen molar-refractivity contribution in [2.24, 2.45) is 0 Å². The second kappa shape index (κ2) is 10.2. The first-order chi connectivity index (χ1) is 17.5. The second-order valence-electron chi connectivity index (χ2n) is 9.45. The summed E-state index contributed by atoms with van der Waals surface area (Å²) >= 11 is 0. The number of carbonyl (C=O) groups is 3. The summed E-state index contributed by atoms with van der Waals surface area (Å²) in [5, 5.41) is 0. The molecule has 0 aliphatic carbocycles. The van der Waals surface area contributed by atoms with Crippen molar-refractivity contribution in [3.63, 3.8) is 0 Å². The number of hydrogen-bond donors (Lipinski definition) is 0. The van der Waals surface area contributed by atoms with Crippen LogP contribution in [0, 0.1) is 0 Å². The van der Waals surface area contributed by atoms with E-state index in [0.717, 1.165) is 5.69 Å². The van der Waals surface area contributed by atoms with E-state index >= 15 is 0 Å². The Morgan fingerprint density at radius 2 is 1.58 bits per heavy atom. The first-order valence-electron chi connectivity index (χ1n) is 12.4. The van der Waals surface area contributed by atoms with Gasteiger partial charge in [0, 0.05) is 37.4 Å². The molecule has 2 aromatic carbocycles. The minimum Gasteiger partial charge on any atom is -0.497 e. The van der Waals surface area contributed by atoms with Gasteiger partial charge in [0.05, 0.1) is 27.0 Å². The van der Waals surface area contributed by atoms with Crippen molar-refractivity contribution >= 4 is 23.4 Å². The number of nitrogens with zero attached hydrogens (tertiary/aromatic N) is 4. The lowest BCUT2D eigenvalue weighted by molar-refractivity contribution is -0.143. The summed E-state index contributed by atoms with van der Waals surface area (Å²) in [5.41, 5.74) is 0.771. The highest BCUT2D eigenvalue weighted by molar-refractivity contribution is 5.97. The van der Waals surface area contributed by atoms with Crippen molar-refractivity contribution in [1.82, 2.24) is 14.7 Å². The Kier molecular flexibility index (Phi) is 6.82. The van der Waals surface area contributed by atoms with E-state index in [2.05, 4.69) is 4.90 Å². The van der Waals surface area contributed by atoms with Gasteiger partial charge in [-0.15, -0.1) is 0 Å². The number of para-hydroxylation sites is 1. The standard InChI is InChI=1S/C27H32N4O5/c1-35-23-9-7-21(8-10-23)25(33)29-13-11-27(12-14-29)26(34)30(19-24(32)28-15-17-36-18-16-28)20-31(27)22-5-3-2-4-6-22/h2-10H,11-20H2,1H3. The molecule has 0 N–H and O–H groups in total. The van der Waals surface area contributed by atoms with Crippen LogP contribution in [0.1, 0.15) is 23.2 Å². The molecule has 3 amide bonds.